The smallest absolute Gasteiger partial charge is 0.251 e. The zero-order valence-electron chi connectivity index (χ0n) is 29.5. The van der Waals surface area contributed by atoms with E-state index >= 15 is 0 Å². The van der Waals surface area contributed by atoms with Gasteiger partial charge in [-0.1, -0.05) is 86.1 Å². The summed E-state index contributed by atoms with van der Waals surface area (Å²) in [5.41, 5.74) is 5.94. The number of halogens is 1. The molecule has 0 aliphatic rings. The predicted molar refractivity (Wildman–Crippen MR) is 199 cm³/mol. The summed E-state index contributed by atoms with van der Waals surface area (Å²) >= 11 is 5.47. The second-order valence-electron chi connectivity index (χ2n) is 10.3. The third-order valence-corrected chi connectivity index (χ3v) is 6.99. The fourth-order valence-electron chi connectivity index (χ4n) is 4.65. The van der Waals surface area contributed by atoms with Gasteiger partial charge in [-0.3, -0.25) is 4.79 Å². The number of carbonyl (C=O) groups is 1. The van der Waals surface area contributed by atoms with Crippen molar-refractivity contribution in [1.82, 2.24) is 10.5 Å². The van der Waals surface area contributed by atoms with Crippen LogP contribution in [0.15, 0.2) is 102 Å². The van der Waals surface area contributed by atoms with Gasteiger partial charge in [0.05, 0.1) is 11.7 Å². The number of benzene rings is 2. The Morgan fingerprint density at radius 2 is 1.72 bits per heavy atom. The first-order chi connectivity index (χ1) is 22.6. The van der Waals surface area contributed by atoms with Crippen molar-refractivity contribution in [3.05, 3.63) is 131 Å². The number of hydrogen-bond donors (Lipinski definition) is 4. The molecule has 8 heteroatoms. The number of nitrogens with zero attached hydrogens (tertiary/aromatic N) is 1. The summed E-state index contributed by atoms with van der Waals surface area (Å²) in [7, 11) is 0. The van der Waals surface area contributed by atoms with Crippen molar-refractivity contribution >= 4 is 23.2 Å². The van der Waals surface area contributed by atoms with E-state index < -0.39 is 6.29 Å². The average Bonchev–Trinajstić information content (AvgIpc) is 3.41. The lowest BCUT2D eigenvalue weighted by atomic mass is 9.89. The number of nitrogens with one attached hydrogen (secondary N) is 2. The Hall–Kier alpha value is -3.91. The zero-order chi connectivity index (χ0) is 35.8. The molecule has 1 amide bonds. The largest absolute Gasteiger partial charge is 0.375 e. The molecule has 3 aromatic rings. The van der Waals surface area contributed by atoms with E-state index in [0.717, 1.165) is 40.6 Å². The Labute approximate surface area is 288 Å². The quantitative estimate of drug-likeness (QED) is 0.0822. The van der Waals surface area contributed by atoms with E-state index in [1.807, 2.05) is 97.0 Å². The minimum Gasteiger partial charge on any atom is -0.375 e. The number of aromatic nitrogens is 1. The van der Waals surface area contributed by atoms with Gasteiger partial charge in [0, 0.05) is 34.8 Å². The van der Waals surface area contributed by atoms with E-state index in [1.54, 1.807) is 0 Å². The molecule has 258 valence electrons. The first kappa shape index (κ1) is 43.1. The predicted octanol–water partition coefficient (Wildman–Crippen LogP) is 9.72. The Balaban J connectivity index is 0.00000168. The second-order valence-corrected chi connectivity index (χ2v) is 10.9. The van der Waals surface area contributed by atoms with Crippen molar-refractivity contribution in [3.8, 4) is 0 Å². The van der Waals surface area contributed by atoms with E-state index in [0.29, 0.717) is 11.5 Å². The first-order valence-corrected chi connectivity index (χ1v) is 16.6. The summed E-state index contributed by atoms with van der Waals surface area (Å²) in [5, 5.41) is 29.1. The molecule has 2 unspecified atom stereocenters. The number of rotatable bonds is 13. The number of anilines is 1. The van der Waals surface area contributed by atoms with E-state index in [2.05, 4.69) is 66.2 Å². The van der Waals surface area contributed by atoms with Gasteiger partial charge < -0.3 is 25.4 Å². The van der Waals surface area contributed by atoms with E-state index in [-0.39, 0.29) is 24.9 Å². The van der Waals surface area contributed by atoms with Gasteiger partial charge in [-0.2, -0.15) is 0 Å². The maximum atomic E-state index is 12.3. The molecule has 4 N–H and O–H groups in total. The normalized spacial score (nSPS) is 12.3. The van der Waals surface area contributed by atoms with Crippen LogP contribution in [0, 0.1) is 13.8 Å². The van der Waals surface area contributed by atoms with Crippen molar-refractivity contribution in [2.75, 3.05) is 11.9 Å². The number of aliphatic hydroxyl groups is 2. The van der Waals surface area contributed by atoms with Crippen LogP contribution >= 0.6 is 11.6 Å². The molecule has 7 nitrogen and oxygen atoms in total. The van der Waals surface area contributed by atoms with Gasteiger partial charge in [-0.15, -0.1) is 13.2 Å². The third kappa shape index (κ3) is 16.5. The molecule has 0 bridgehead atoms. The maximum absolute atomic E-state index is 12.3. The van der Waals surface area contributed by atoms with Gasteiger partial charge in [0.15, 0.2) is 6.29 Å². The Kier molecular flexibility index (Phi) is 23.1. The lowest BCUT2D eigenvalue weighted by molar-refractivity contribution is -0.0440. The Morgan fingerprint density at radius 3 is 2.21 bits per heavy atom. The molecule has 0 aliphatic carbocycles. The lowest BCUT2D eigenvalue weighted by Gasteiger charge is -2.19. The van der Waals surface area contributed by atoms with Crippen LogP contribution in [0.3, 0.4) is 0 Å². The van der Waals surface area contributed by atoms with Crippen LogP contribution in [-0.2, 0) is 6.42 Å². The summed E-state index contributed by atoms with van der Waals surface area (Å²) in [6.45, 7) is 22.1. The number of hydrogen-bond acceptors (Lipinski definition) is 6. The number of aryl methyl sites for hydroxylation is 2. The number of carbonyl (C=O) groups excluding carboxylic acids is 1. The minimum absolute atomic E-state index is 0.0298. The molecule has 0 saturated heterocycles. The summed E-state index contributed by atoms with van der Waals surface area (Å²) < 4.78 is 5.38. The van der Waals surface area contributed by atoms with Crippen molar-refractivity contribution in [2.24, 2.45) is 0 Å². The molecule has 47 heavy (non-hydrogen) atoms. The molecule has 3 rings (SSSR count). The summed E-state index contributed by atoms with van der Waals surface area (Å²) in [6, 6.07) is 16.1. The van der Waals surface area contributed by atoms with Crippen molar-refractivity contribution < 1.29 is 19.5 Å². The molecule has 2 atom stereocenters. The zero-order valence-corrected chi connectivity index (χ0v) is 30.3. The van der Waals surface area contributed by atoms with Crippen molar-refractivity contribution in [3.63, 3.8) is 0 Å². The Morgan fingerprint density at radius 1 is 1.06 bits per heavy atom. The van der Waals surface area contributed by atoms with Crippen LogP contribution in [0.1, 0.15) is 105 Å². The molecular weight excluding hydrogens is 610 g/mol. The molecule has 0 saturated carbocycles. The lowest BCUT2D eigenvalue weighted by Crippen LogP contribution is -2.27. The highest BCUT2D eigenvalue weighted by molar-refractivity contribution is 6.29. The number of aliphatic hydroxyl groups excluding tert-OH is 1. The van der Waals surface area contributed by atoms with Crippen LogP contribution in [-0.4, -0.2) is 34.1 Å². The van der Waals surface area contributed by atoms with E-state index in [9.17, 15) is 4.79 Å². The van der Waals surface area contributed by atoms with Gasteiger partial charge in [-0.05, 0) is 94.8 Å². The first-order valence-electron chi connectivity index (χ1n) is 16.2. The SMILES string of the molecule is C/C=C\C(Nc1cccc(CC(CC)c2ccc(C(=O)NCCC(O)O)cc2)c1)c1c(C)noc1C.C/C=C\C=C(/C)Cl.C=C.CC. The van der Waals surface area contributed by atoms with Gasteiger partial charge in [0.1, 0.15) is 5.76 Å². The fraction of sp³-hybridized carbons (Fsp3) is 0.385. The molecular formula is C39H56ClN3O4. The highest BCUT2D eigenvalue weighted by atomic mass is 35.5. The van der Waals surface area contributed by atoms with E-state index in [4.69, 9.17) is 26.3 Å². The monoisotopic (exact) mass is 665 g/mol. The fourth-order valence-corrected chi connectivity index (χ4v) is 4.72. The van der Waals surface area contributed by atoms with Crippen LogP contribution < -0.4 is 10.6 Å². The van der Waals surface area contributed by atoms with Gasteiger partial charge >= 0.3 is 0 Å². The minimum atomic E-state index is -1.42. The molecule has 0 aliphatic heterocycles. The molecule has 0 spiro atoms. The molecule has 1 aromatic heterocycles. The van der Waals surface area contributed by atoms with Gasteiger partial charge in [-0.25, -0.2) is 0 Å². The molecule has 1 heterocycles. The van der Waals surface area contributed by atoms with Crippen molar-refractivity contribution in [1.29, 1.82) is 0 Å². The van der Waals surface area contributed by atoms with Crippen LogP contribution in [0.2, 0.25) is 0 Å². The second kappa shape index (κ2) is 25.2. The highest BCUT2D eigenvalue weighted by Gasteiger charge is 2.19. The highest BCUT2D eigenvalue weighted by Crippen LogP contribution is 2.29. The molecule has 0 radical (unpaired) electrons. The summed E-state index contributed by atoms with van der Waals surface area (Å²) in [6.07, 6.45) is 10.4. The van der Waals surface area contributed by atoms with Crippen LogP contribution in [0.4, 0.5) is 5.69 Å². The van der Waals surface area contributed by atoms with E-state index in [1.165, 1.54) is 11.1 Å². The van der Waals surface area contributed by atoms with Crippen molar-refractivity contribution in [2.45, 2.75) is 92.9 Å². The van der Waals surface area contributed by atoms with Gasteiger partial charge in [0.2, 0.25) is 0 Å². The summed E-state index contributed by atoms with van der Waals surface area (Å²) in [4.78, 5) is 12.3. The topological polar surface area (TPSA) is 108 Å². The average molecular weight is 666 g/mol. The number of allylic oxidation sites excluding steroid dienone is 5. The van der Waals surface area contributed by atoms with Gasteiger partial charge in [0.25, 0.3) is 5.91 Å². The summed E-state index contributed by atoms with van der Waals surface area (Å²) in [5.74, 6) is 0.909. The third-order valence-electron chi connectivity index (χ3n) is 6.86. The number of amides is 1. The Bertz CT molecular complexity index is 1350. The molecule has 0 fully saturated rings. The van der Waals surface area contributed by atoms with Crippen LogP contribution in [0.5, 0.6) is 0 Å². The molecule has 2 aromatic carbocycles. The maximum Gasteiger partial charge on any atom is 0.251 e. The van der Waals surface area contributed by atoms with Crippen LogP contribution in [0.25, 0.3) is 0 Å². The standard InChI is InChI=1S/C29H37N3O4.C6H9Cl.C2H6.C2H4/c1-5-8-26(28-19(3)32-36-20(28)4)31-25-10-7-9-21(18-25)17-22(6-2)23-11-13-24(14-12-23)29(35)30-16-15-27(33)34;1-3-4-5-6(2)7;2*1-2/h5,7-14,18,22,26-27,31,33-34H,6,15-17H2,1-4H3,(H,30,35);3-5H,1-2H3;1-2H3;1-2H2/b8-5-;4-3-,6-5+;;.